The molecule has 0 aliphatic carbocycles. The van der Waals surface area contributed by atoms with Crippen LogP contribution in [0.4, 0.5) is 11.8 Å². The van der Waals surface area contributed by atoms with E-state index in [-0.39, 0.29) is 35.0 Å². The third kappa shape index (κ3) is 4.77. The summed E-state index contributed by atoms with van der Waals surface area (Å²) >= 11 is 5.88. The molecule has 0 amide bonds. The lowest BCUT2D eigenvalue weighted by Crippen LogP contribution is -2.23. The number of phenolic OH excluding ortho intramolecular Hbond substituents is 2. The van der Waals surface area contributed by atoms with E-state index in [1.807, 2.05) is 32.3 Å². The molecule has 1 unspecified atom stereocenters. The van der Waals surface area contributed by atoms with Gasteiger partial charge >= 0.3 is 0 Å². The predicted octanol–water partition coefficient (Wildman–Crippen LogP) is 3.95. The molecule has 3 rings (SSSR count). The second-order valence-corrected chi connectivity index (χ2v) is 8.63. The quantitative estimate of drug-likeness (QED) is 0.350. The van der Waals surface area contributed by atoms with Crippen LogP contribution in [0.3, 0.4) is 0 Å². The van der Waals surface area contributed by atoms with Gasteiger partial charge in [-0.2, -0.15) is 10.1 Å². The van der Waals surface area contributed by atoms with Gasteiger partial charge < -0.3 is 30.5 Å². The lowest BCUT2D eigenvalue weighted by molar-refractivity contribution is 0.208. The van der Waals surface area contributed by atoms with E-state index in [0.717, 1.165) is 11.4 Å². The molecule has 168 valence electrons. The summed E-state index contributed by atoms with van der Waals surface area (Å²) in [6.45, 7) is 10.3. The van der Waals surface area contributed by atoms with E-state index in [1.165, 1.54) is 12.1 Å². The van der Waals surface area contributed by atoms with Crippen molar-refractivity contribution < 1.29 is 15.3 Å². The molecule has 0 radical (unpaired) electrons. The number of nitrogens with one attached hydrogen (secondary N) is 2. The first-order valence-corrected chi connectivity index (χ1v) is 10.6. The maximum atomic E-state index is 10.2. The number of rotatable bonds is 8. The van der Waals surface area contributed by atoms with Gasteiger partial charge in [-0.3, -0.25) is 0 Å². The van der Waals surface area contributed by atoms with Crippen molar-refractivity contribution in [2.75, 3.05) is 17.2 Å². The van der Waals surface area contributed by atoms with Crippen molar-refractivity contribution in [2.45, 2.75) is 59.2 Å². The first-order valence-electron chi connectivity index (χ1n) is 10.2. The normalized spacial score (nSPS) is 12.7. The van der Waals surface area contributed by atoms with Crippen molar-refractivity contribution in [1.29, 1.82) is 0 Å². The minimum atomic E-state index is -0.557. The Morgan fingerprint density at radius 2 is 1.68 bits per heavy atom. The van der Waals surface area contributed by atoms with Crippen LogP contribution in [0.15, 0.2) is 12.1 Å². The zero-order chi connectivity index (χ0) is 22.9. The first-order chi connectivity index (χ1) is 14.6. The number of nitrogens with zero attached hydrogens (tertiary/aromatic N) is 4. The average Bonchev–Trinajstić information content (AvgIpc) is 3.10. The maximum Gasteiger partial charge on any atom is 0.205 e. The van der Waals surface area contributed by atoms with E-state index in [2.05, 4.69) is 20.8 Å². The predicted molar refractivity (Wildman–Crippen MR) is 121 cm³/mol. The number of halogens is 1. The summed E-state index contributed by atoms with van der Waals surface area (Å²) in [4.78, 5) is 4.70. The van der Waals surface area contributed by atoms with Crippen LogP contribution in [0.1, 0.15) is 57.8 Å². The SMILES string of the molecule is CC(O)CNc1nc(NCc2c(O)cc(Cl)cc2O)c2nnc(C(C)C)c-2n1C(C)C. The fourth-order valence-corrected chi connectivity index (χ4v) is 3.58. The summed E-state index contributed by atoms with van der Waals surface area (Å²) in [5.41, 5.74) is 2.57. The van der Waals surface area contributed by atoms with Crippen molar-refractivity contribution in [3.8, 4) is 22.9 Å². The Labute approximate surface area is 186 Å². The van der Waals surface area contributed by atoms with E-state index >= 15 is 0 Å². The lowest BCUT2D eigenvalue weighted by Gasteiger charge is -2.25. The van der Waals surface area contributed by atoms with E-state index in [0.29, 0.717) is 29.6 Å². The number of fused-ring (bicyclic) bond motifs is 1. The highest BCUT2D eigenvalue weighted by molar-refractivity contribution is 6.30. The molecule has 1 aromatic carbocycles. The molecule has 1 atom stereocenters. The average molecular weight is 449 g/mol. The zero-order valence-corrected chi connectivity index (χ0v) is 19.1. The summed E-state index contributed by atoms with van der Waals surface area (Å²) < 4.78 is 2.02. The highest BCUT2D eigenvalue weighted by Gasteiger charge is 2.28. The summed E-state index contributed by atoms with van der Waals surface area (Å²) in [6, 6.07) is 2.80. The van der Waals surface area contributed by atoms with Crippen LogP contribution >= 0.6 is 11.6 Å². The fourth-order valence-electron chi connectivity index (χ4n) is 3.38. The summed E-state index contributed by atoms with van der Waals surface area (Å²) in [7, 11) is 0. The Balaban J connectivity index is 2.08. The molecular weight excluding hydrogens is 420 g/mol. The summed E-state index contributed by atoms with van der Waals surface area (Å²) in [6.07, 6.45) is -0.557. The number of phenols is 2. The van der Waals surface area contributed by atoms with Gasteiger partial charge in [0.25, 0.3) is 0 Å². The van der Waals surface area contributed by atoms with Gasteiger partial charge in [-0.1, -0.05) is 25.4 Å². The summed E-state index contributed by atoms with van der Waals surface area (Å²) in [5, 5.41) is 45.5. The van der Waals surface area contributed by atoms with E-state index in [4.69, 9.17) is 16.6 Å². The molecule has 0 aromatic heterocycles. The number of aliphatic hydroxyl groups is 1. The van der Waals surface area contributed by atoms with Gasteiger partial charge in [0.05, 0.1) is 23.1 Å². The van der Waals surface area contributed by atoms with Gasteiger partial charge in [0.15, 0.2) is 11.5 Å². The number of aromatic hydroxyl groups is 2. The second kappa shape index (κ2) is 9.15. The molecule has 5 N–H and O–H groups in total. The molecular formula is C21H29ClN6O3. The Bertz CT molecular complexity index is 1010. The lowest BCUT2D eigenvalue weighted by atomic mass is 10.1. The Morgan fingerprint density at radius 1 is 1.03 bits per heavy atom. The van der Waals surface area contributed by atoms with Crippen LogP contribution in [0.25, 0.3) is 11.4 Å². The molecule has 2 aliphatic heterocycles. The van der Waals surface area contributed by atoms with Crippen LogP contribution in [0.5, 0.6) is 11.5 Å². The largest absolute Gasteiger partial charge is 0.507 e. The zero-order valence-electron chi connectivity index (χ0n) is 18.3. The number of hydrogen-bond acceptors (Lipinski definition) is 8. The standard InChI is InChI=1S/C21H29ClN6O3/c1-10(2)17-19-18(27-26-17)20(23-9-14-15(30)6-13(22)7-16(14)31)25-21(24-8-12(5)29)28(19)11(3)4/h6-7,10-12,23,29-31H,8-9H2,1-5H3,(H,24,25). The summed E-state index contributed by atoms with van der Waals surface area (Å²) in [5.74, 6) is 0.913. The fraction of sp³-hybridized carbons (Fsp3) is 0.476. The second-order valence-electron chi connectivity index (χ2n) is 8.19. The third-order valence-electron chi connectivity index (χ3n) is 4.85. The Kier molecular flexibility index (Phi) is 6.76. The number of benzene rings is 1. The van der Waals surface area contributed by atoms with Crippen molar-refractivity contribution in [3.63, 3.8) is 0 Å². The highest BCUT2D eigenvalue weighted by Crippen LogP contribution is 2.38. The van der Waals surface area contributed by atoms with Crippen molar-refractivity contribution >= 4 is 23.4 Å². The molecule has 1 aromatic rings. The Morgan fingerprint density at radius 3 is 2.23 bits per heavy atom. The van der Waals surface area contributed by atoms with Gasteiger partial charge in [-0.05, 0) is 38.8 Å². The highest BCUT2D eigenvalue weighted by atomic mass is 35.5. The third-order valence-corrected chi connectivity index (χ3v) is 5.07. The smallest absolute Gasteiger partial charge is 0.205 e. The van der Waals surface area contributed by atoms with Gasteiger partial charge in [0, 0.05) is 24.2 Å². The number of aliphatic hydroxyl groups excluding tert-OH is 1. The molecule has 0 fully saturated rings. The van der Waals surface area contributed by atoms with Gasteiger partial charge in [0.1, 0.15) is 11.5 Å². The molecule has 2 heterocycles. The van der Waals surface area contributed by atoms with E-state index in [9.17, 15) is 15.3 Å². The number of anilines is 2. The molecule has 10 heteroatoms. The maximum absolute atomic E-state index is 10.2. The van der Waals surface area contributed by atoms with Crippen LogP contribution in [0, 0.1) is 0 Å². The number of aromatic nitrogens is 4. The minimum Gasteiger partial charge on any atom is -0.507 e. The first kappa shape index (κ1) is 22.9. The minimum absolute atomic E-state index is 0.0633. The number of hydrogen-bond donors (Lipinski definition) is 5. The van der Waals surface area contributed by atoms with Crippen LogP contribution in [-0.4, -0.2) is 47.7 Å². The van der Waals surface area contributed by atoms with Crippen molar-refractivity contribution in [3.05, 3.63) is 28.4 Å². The van der Waals surface area contributed by atoms with Crippen LogP contribution in [0.2, 0.25) is 5.02 Å². The van der Waals surface area contributed by atoms with Crippen molar-refractivity contribution in [1.82, 2.24) is 19.7 Å². The van der Waals surface area contributed by atoms with Gasteiger partial charge in [-0.25, -0.2) is 0 Å². The molecule has 9 nitrogen and oxygen atoms in total. The Hall–Kier alpha value is -2.78. The molecule has 0 spiro atoms. The molecule has 31 heavy (non-hydrogen) atoms. The topological polar surface area (TPSA) is 128 Å². The van der Waals surface area contributed by atoms with E-state index < -0.39 is 6.10 Å². The van der Waals surface area contributed by atoms with Crippen LogP contribution in [-0.2, 0) is 6.54 Å². The van der Waals surface area contributed by atoms with Crippen LogP contribution < -0.4 is 10.6 Å². The molecule has 2 aliphatic rings. The van der Waals surface area contributed by atoms with Gasteiger partial charge in [0.2, 0.25) is 5.95 Å². The monoisotopic (exact) mass is 448 g/mol. The molecule has 0 saturated heterocycles. The molecule has 0 saturated carbocycles. The van der Waals surface area contributed by atoms with E-state index in [1.54, 1.807) is 6.92 Å². The molecule has 0 bridgehead atoms. The van der Waals surface area contributed by atoms with Gasteiger partial charge in [-0.15, -0.1) is 5.10 Å². The van der Waals surface area contributed by atoms with Crippen molar-refractivity contribution in [2.24, 2.45) is 0 Å².